The normalized spacial score (nSPS) is 25.9. The van der Waals surface area contributed by atoms with Crippen LogP contribution in [0.25, 0.3) is 0 Å². The molecular formula is C29H48N2O13. The monoisotopic (exact) mass is 632 g/mol. The molecule has 0 aromatic rings. The molecule has 0 aromatic heterocycles. The van der Waals surface area contributed by atoms with E-state index in [0.29, 0.717) is 19.6 Å². The molecule has 0 radical (unpaired) electrons. The molecule has 252 valence electrons. The Bertz CT molecular complexity index is 960. The van der Waals surface area contributed by atoms with Crippen LogP contribution in [0.2, 0.25) is 0 Å². The summed E-state index contributed by atoms with van der Waals surface area (Å²) in [5.41, 5.74) is 5.46. The van der Waals surface area contributed by atoms with E-state index in [4.69, 9.17) is 43.6 Å². The number of alkyl carbamates (subject to hydrolysis) is 1. The third kappa shape index (κ3) is 14.2. The number of ether oxygens (including phenoxy) is 8. The first-order valence-electron chi connectivity index (χ1n) is 15.0. The molecule has 2 saturated heterocycles. The Morgan fingerprint density at radius 3 is 2.07 bits per heavy atom. The Labute approximate surface area is 258 Å². The maximum absolute atomic E-state index is 11.9. The molecule has 15 nitrogen and oxygen atoms in total. The van der Waals surface area contributed by atoms with Crippen molar-refractivity contribution in [2.24, 2.45) is 11.7 Å². The van der Waals surface area contributed by atoms with Crippen LogP contribution < -0.4 is 11.1 Å². The molecule has 2 heterocycles. The highest BCUT2D eigenvalue weighted by atomic mass is 16.8. The highest BCUT2D eigenvalue weighted by molar-refractivity contribution is 5.74. The van der Waals surface area contributed by atoms with E-state index in [1.54, 1.807) is 0 Å². The quantitative estimate of drug-likeness (QED) is 0.126. The summed E-state index contributed by atoms with van der Waals surface area (Å²) in [5.74, 6) is -4.13. The molecule has 2 rings (SSSR count). The zero-order valence-corrected chi connectivity index (χ0v) is 26.3. The minimum absolute atomic E-state index is 0.135. The van der Waals surface area contributed by atoms with Crippen LogP contribution >= 0.6 is 0 Å². The number of carbonyl (C=O) groups excluding carboxylic acids is 5. The summed E-state index contributed by atoms with van der Waals surface area (Å²) in [5, 5.41) is 2.73. The molecule has 2 fully saturated rings. The number of nitrogens with two attached hydrogens (primary N) is 1. The van der Waals surface area contributed by atoms with Gasteiger partial charge in [0.25, 0.3) is 0 Å². The minimum atomic E-state index is -1.15. The van der Waals surface area contributed by atoms with Crippen LogP contribution in [-0.2, 0) is 57.1 Å². The van der Waals surface area contributed by atoms with Gasteiger partial charge in [0.15, 0.2) is 18.2 Å². The van der Waals surface area contributed by atoms with E-state index in [2.05, 4.69) is 5.32 Å². The molecule has 15 heteroatoms. The fraction of sp³-hybridized carbons (Fsp3) is 0.828. The lowest BCUT2D eigenvalue weighted by atomic mass is 9.87. The highest BCUT2D eigenvalue weighted by Crippen LogP contribution is 2.34. The van der Waals surface area contributed by atoms with Gasteiger partial charge in [0, 0.05) is 40.3 Å². The summed E-state index contributed by atoms with van der Waals surface area (Å²) in [4.78, 5) is 59.0. The summed E-state index contributed by atoms with van der Waals surface area (Å²) in [7, 11) is 0. The Hall–Kier alpha value is -3.01. The van der Waals surface area contributed by atoms with Crippen LogP contribution in [0, 0.1) is 5.92 Å². The van der Waals surface area contributed by atoms with Crippen molar-refractivity contribution in [2.45, 2.75) is 116 Å². The van der Waals surface area contributed by atoms with Gasteiger partial charge in [-0.3, -0.25) is 19.2 Å². The zero-order chi connectivity index (χ0) is 32.7. The topological polar surface area (TPSA) is 197 Å². The lowest BCUT2D eigenvalue weighted by molar-refractivity contribution is -0.291. The number of carbonyl (C=O) groups is 5. The lowest BCUT2D eigenvalue weighted by Crippen LogP contribution is -2.59. The number of esters is 3. The number of rotatable bonds is 18. The second-order valence-electron chi connectivity index (χ2n) is 11.3. The molecule has 2 aliphatic heterocycles. The smallest absolute Gasteiger partial charge is 0.407 e. The van der Waals surface area contributed by atoms with Crippen molar-refractivity contribution in [3.8, 4) is 0 Å². The molecule has 44 heavy (non-hydrogen) atoms. The molecular weight excluding hydrogens is 584 g/mol. The van der Waals surface area contributed by atoms with Crippen molar-refractivity contribution >= 4 is 29.9 Å². The molecule has 0 bridgehead atoms. The number of hydrogen-bond donors (Lipinski definition) is 2. The highest BCUT2D eigenvalue weighted by Gasteiger charge is 2.51. The van der Waals surface area contributed by atoms with E-state index in [1.165, 1.54) is 20.8 Å². The molecule has 0 aromatic carbocycles. The summed E-state index contributed by atoms with van der Waals surface area (Å²) in [6.45, 7) is 8.19. The zero-order valence-electron chi connectivity index (χ0n) is 26.3. The van der Waals surface area contributed by atoms with Crippen LogP contribution in [0.5, 0.6) is 0 Å². The van der Waals surface area contributed by atoms with Crippen LogP contribution in [0.1, 0.15) is 79.6 Å². The fourth-order valence-electron chi connectivity index (χ4n) is 4.97. The van der Waals surface area contributed by atoms with E-state index in [0.717, 1.165) is 32.1 Å². The van der Waals surface area contributed by atoms with E-state index in [9.17, 15) is 24.0 Å². The number of primary amides is 1. The van der Waals surface area contributed by atoms with Gasteiger partial charge in [-0.1, -0.05) is 25.7 Å². The van der Waals surface area contributed by atoms with Crippen molar-refractivity contribution in [3.63, 3.8) is 0 Å². The predicted molar refractivity (Wildman–Crippen MR) is 152 cm³/mol. The fourth-order valence-corrected chi connectivity index (χ4v) is 4.97. The Morgan fingerprint density at radius 1 is 0.841 bits per heavy atom. The van der Waals surface area contributed by atoms with Gasteiger partial charge in [-0.2, -0.15) is 0 Å². The summed E-state index contributed by atoms with van der Waals surface area (Å²) in [6.07, 6.45) is -0.208. The van der Waals surface area contributed by atoms with Crippen molar-refractivity contribution in [3.05, 3.63) is 0 Å². The minimum Gasteiger partial charge on any atom is -0.463 e. The first-order chi connectivity index (χ1) is 20.8. The Morgan fingerprint density at radius 2 is 1.48 bits per heavy atom. The van der Waals surface area contributed by atoms with Crippen molar-refractivity contribution in [1.29, 1.82) is 0 Å². The molecule has 3 N–H and O–H groups in total. The molecule has 2 aliphatic rings. The third-order valence-corrected chi connectivity index (χ3v) is 6.85. The van der Waals surface area contributed by atoms with Crippen LogP contribution in [0.4, 0.5) is 4.79 Å². The van der Waals surface area contributed by atoms with Gasteiger partial charge in [0.05, 0.1) is 12.5 Å². The second kappa shape index (κ2) is 18.7. The summed E-state index contributed by atoms with van der Waals surface area (Å²) >= 11 is 0. The largest absolute Gasteiger partial charge is 0.463 e. The van der Waals surface area contributed by atoms with Gasteiger partial charge < -0.3 is 48.9 Å². The Kier molecular flexibility index (Phi) is 15.8. The van der Waals surface area contributed by atoms with Gasteiger partial charge >= 0.3 is 24.0 Å². The van der Waals surface area contributed by atoms with Gasteiger partial charge in [-0.05, 0) is 26.7 Å². The van der Waals surface area contributed by atoms with Gasteiger partial charge in [0.1, 0.15) is 31.5 Å². The van der Waals surface area contributed by atoms with E-state index in [1.807, 2.05) is 13.8 Å². The average molecular weight is 633 g/mol. The molecule has 6 atom stereocenters. The van der Waals surface area contributed by atoms with E-state index < -0.39 is 66.2 Å². The van der Waals surface area contributed by atoms with Crippen LogP contribution in [0.3, 0.4) is 0 Å². The summed E-state index contributed by atoms with van der Waals surface area (Å²) in [6, 6.07) is 0. The van der Waals surface area contributed by atoms with Gasteiger partial charge in [-0.25, -0.2) is 4.79 Å². The SMILES string of the molecule is CC(=O)OC[C@H]1O[C@@H](OCCCCCCCCNC(=O)OC[C@@H]2COC(C)(C)O2)[C@H](CC(N)=O)[C@@H](OC(C)=O)[C@H]1OC(C)=O. The standard InChI is InChI=1S/C29H48N2O13/c1-18(32)38-17-23-26(42-20(3)34)25(41-19(2)33)22(14-24(30)35)27(43-23)37-13-11-9-7-6-8-10-12-31-28(36)39-15-21-16-40-29(4,5)44-21/h21-23,25-27H,6-17H2,1-5H3,(H2,30,35)(H,31,36)/t21-,22-,23-,25-,26+,27-/m1/s1. The maximum Gasteiger partial charge on any atom is 0.407 e. The molecule has 0 spiro atoms. The predicted octanol–water partition coefficient (Wildman–Crippen LogP) is 1.86. The van der Waals surface area contributed by atoms with Crippen LogP contribution in [0.15, 0.2) is 0 Å². The first kappa shape index (κ1) is 37.2. The third-order valence-electron chi connectivity index (χ3n) is 6.85. The molecule has 2 amide bonds. The number of amides is 2. The molecule has 0 aliphatic carbocycles. The van der Waals surface area contributed by atoms with Crippen LogP contribution in [-0.4, -0.2) is 99.4 Å². The molecule has 0 saturated carbocycles. The maximum atomic E-state index is 11.9. The van der Waals surface area contributed by atoms with Crippen molar-refractivity contribution in [2.75, 3.05) is 33.0 Å². The second-order valence-corrected chi connectivity index (χ2v) is 11.3. The number of unbranched alkanes of at least 4 members (excludes halogenated alkanes) is 5. The average Bonchev–Trinajstić information content (AvgIpc) is 3.28. The van der Waals surface area contributed by atoms with Gasteiger partial charge in [0.2, 0.25) is 5.91 Å². The van der Waals surface area contributed by atoms with E-state index in [-0.39, 0.29) is 32.3 Å². The number of hydrogen-bond acceptors (Lipinski definition) is 13. The summed E-state index contributed by atoms with van der Waals surface area (Å²) < 4.78 is 44.1. The first-order valence-corrected chi connectivity index (χ1v) is 15.0. The Balaban J connectivity index is 1.75. The van der Waals surface area contributed by atoms with Crippen molar-refractivity contribution < 1.29 is 61.9 Å². The lowest BCUT2D eigenvalue weighted by Gasteiger charge is -2.44. The number of nitrogens with one attached hydrogen (secondary N) is 1. The van der Waals surface area contributed by atoms with Gasteiger partial charge in [-0.15, -0.1) is 0 Å². The van der Waals surface area contributed by atoms with E-state index >= 15 is 0 Å². The van der Waals surface area contributed by atoms with Crippen molar-refractivity contribution in [1.82, 2.24) is 5.32 Å². The molecule has 0 unspecified atom stereocenters.